The van der Waals surface area contributed by atoms with E-state index in [0.717, 1.165) is 0 Å². The lowest BCUT2D eigenvalue weighted by Crippen LogP contribution is -2.35. The largest absolute Gasteiger partial charge is 0.496 e. The van der Waals surface area contributed by atoms with Crippen LogP contribution in [0.25, 0.3) is 0 Å². The van der Waals surface area contributed by atoms with Crippen LogP contribution in [0.15, 0.2) is 18.2 Å². The van der Waals surface area contributed by atoms with Crippen molar-refractivity contribution in [3.63, 3.8) is 0 Å². The summed E-state index contributed by atoms with van der Waals surface area (Å²) in [5.41, 5.74) is 6.53. The van der Waals surface area contributed by atoms with Gasteiger partial charge in [0.05, 0.1) is 19.6 Å². The average molecular weight is 247 g/mol. The van der Waals surface area contributed by atoms with Gasteiger partial charge in [-0.1, -0.05) is 6.07 Å². The molecule has 1 unspecified atom stereocenters. The van der Waals surface area contributed by atoms with Gasteiger partial charge in [0.15, 0.2) is 0 Å². The summed E-state index contributed by atoms with van der Waals surface area (Å²) in [6, 6.07) is 6.93. The summed E-state index contributed by atoms with van der Waals surface area (Å²) in [5, 5.41) is 8.66. The first kappa shape index (κ1) is 13.8. The quantitative estimate of drug-likeness (QED) is 0.820. The summed E-state index contributed by atoms with van der Waals surface area (Å²) in [7, 11) is 3.14. The van der Waals surface area contributed by atoms with E-state index in [4.69, 9.17) is 15.7 Å². The molecule has 1 aromatic rings. The topological polar surface area (TPSA) is 79.3 Å². The number of carbonyl (C=O) groups is 1. The SMILES string of the molecule is COc1cccc(N)c1C(=O)N(C)C(C)CC#N. The van der Waals surface area contributed by atoms with Crippen molar-refractivity contribution in [2.75, 3.05) is 19.9 Å². The van der Waals surface area contributed by atoms with Crippen LogP contribution in [0.2, 0.25) is 0 Å². The smallest absolute Gasteiger partial charge is 0.259 e. The highest BCUT2D eigenvalue weighted by Gasteiger charge is 2.22. The van der Waals surface area contributed by atoms with Gasteiger partial charge < -0.3 is 15.4 Å². The zero-order valence-electron chi connectivity index (χ0n) is 10.8. The Morgan fingerprint density at radius 3 is 2.83 bits per heavy atom. The lowest BCUT2D eigenvalue weighted by atomic mass is 10.1. The molecular formula is C13H17N3O2. The molecular weight excluding hydrogens is 230 g/mol. The molecule has 1 aromatic carbocycles. The zero-order chi connectivity index (χ0) is 13.7. The molecule has 0 heterocycles. The van der Waals surface area contributed by atoms with Crippen LogP contribution in [-0.4, -0.2) is 31.0 Å². The Bertz CT molecular complexity index is 480. The molecule has 0 aliphatic carbocycles. The molecule has 1 rings (SSSR count). The number of nitrogens with zero attached hydrogens (tertiary/aromatic N) is 2. The van der Waals surface area contributed by atoms with E-state index >= 15 is 0 Å². The van der Waals surface area contributed by atoms with Crippen LogP contribution < -0.4 is 10.5 Å². The van der Waals surface area contributed by atoms with Crippen molar-refractivity contribution in [1.82, 2.24) is 4.90 Å². The number of anilines is 1. The molecule has 0 saturated carbocycles. The van der Waals surface area contributed by atoms with Crippen LogP contribution >= 0.6 is 0 Å². The zero-order valence-corrected chi connectivity index (χ0v) is 10.8. The summed E-state index contributed by atoms with van der Waals surface area (Å²) < 4.78 is 5.14. The molecule has 5 heteroatoms. The molecule has 5 nitrogen and oxygen atoms in total. The highest BCUT2D eigenvalue weighted by Crippen LogP contribution is 2.26. The number of ether oxygens (including phenoxy) is 1. The Kier molecular flexibility index (Phi) is 4.55. The molecule has 0 bridgehead atoms. The number of methoxy groups -OCH3 is 1. The number of amides is 1. The Labute approximate surface area is 107 Å². The first-order chi connectivity index (χ1) is 8.52. The Hall–Kier alpha value is -2.22. The first-order valence-electron chi connectivity index (χ1n) is 5.59. The third-order valence-electron chi connectivity index (χ3n) is 2.86. The summed E-state index contributed by atoms with van der Waals surface area (Å²) in [4.78, 5) is 13.8. The number of hydrogen-bond acceptors (Lipinski definition) is 4. The third-order valence-corrected chi connectivity index (χ3v) is 2.86. The fraction of sp³-hybridized carbons (Fsp3) is 0.385. The van der Waals surface area contributed by atoms with Crippen LogP contribution in [0.5, 0.6) is 5.75 Å². The second kappa shape index (κ2) is 5.92. The van der Waals surface area contributed by atoms with Crippen molar-refractivity contribution >= 4 is 11.6 Å². The van der Waals surface area contributed by atoms with Crippen molar-refractivity contribution in [3.05, 3.63) is 23.8 Å². The van der Waals surface area contributed by atoms with Crippen LogP contribution in [0.4, 0.5) is 5.69 Å². The maximum atomic E-state index is 12.3. The molecule has 1 amide bonds. The van der Waals surface area contributed by atoms with E-state index in [1.807, 2.05) is 13.0 Å². The van der Waals surface area contributed by atoms with Gasteiger partial charge in [0, 0.05) is 18.8 Å². The predicted octanol–water partition coefficient (Wildman–Crippen LogP) is 1.65. The van der Waals surface area contributed by atoms with Crippen LogP contribution in [0.1, 0.15) is 23.7 Å². The van der Waals surface area contributed by atoms with Gasteiger partial charge in [0.25, 0.3) is 5.91 Å². The number of nitrogens with two attached hydrogens (primary N) is 1. The Balaban J connectivity index is 3.08. The summed E-state index contributed by atoms with van der Waals surface area (Å²) in [5.74, 6) is 0.198. The van der Waals surface area contributed by atoms with Crippen molar-refractivity contribution in [2.24, 2.45) is 0 Å². The fourth-order valence-corrected chi connectivity index (χ4v) is 1.59. The fourth-order valence-electron chi connectivity index (χ4n) is 1.59. The predicted molar refractivity (Wildman–Crippen MR) is 69.2 cm³/mol. The van der Waals surface area contributed by atoms with Gasteiger partial charge in [-0.05, 0) is 19.1 Å². The number of hydrogen-bond donors (Lipinski definition) is 1. The lowest BCUT2D eigenvalue weighted by Gasteiger charge is -2.24. The van der Waals surface area contributed by atoms with E-state index in [1.54, 1.807) is 25.2 Å². The maximum absolute atomic E-state index is 12.3. The molecule has 0 spiro atoms. The number of carbonyl (C=O) groups excluding carboxylic acids is 1. The molecule has 2 N–H and O–H groups in total. The van der Waals surface area contributed by atoms with Crippen molar-refractivity contribution in [2.45, 2.75) is 19.4 Å². The Morgan fingerprint density at radius 2 is 2.28 bits per heavy atom. The maximum Gasteiger partial charge on any atom is 0.259 e. The van der Waals surface area contributed by atoms with Crippen LogP contribution in [0.3, 0.4) is 0 Å². The molecule has 0 aliphatic rings. The summed E-state index contributed by atoms with van der Waals surface area (Å²) in [6.45, 7) is 1.81. The number of benzene rings is 1. The molecule has 0 saturated heterocycles. The minimum atomic E-state index is -0.243. The second-order valence-electron chi connectivity index (χ2n) is 4.05. The van der Waals surface area contributed by atoms with Gasteiger partial charge in [-0.15, -0.1) is 0 Å². The summed E-state index contributed by atoms with van der Waals surface area (Å²) in [6.07, 6.45) is 0.275. The van der Waals surface area contributed by atoms with Gasteiger partial charge in [0.1, 0.15) is 11.3 Å². The monoisotopic (exact) mass is 247 g/mol. The van der Waals surface area contributed by atoms with E-state index in [9.17, 15) is 4.79 Å². The van der Waals surface area contributed by atoms with Gasteiger partial charge in [-0.25, -0.2) is 0 Å². The molecule has 18 heavy (non-hydrogen) atoms. The standard InChI is InChI=1S/C13H17N3O2/c1-9(7-8-14)16(2)13(17)12-10(15)5-4-6-11(12)18-3/h4-6,9H,7,15H2,1-3H3. The van der Waals surface area contributed by atoms with Crippen molar-refractivity contribution < 1.29 is 9.53 Å². The van der Waals surface area contributed by atoms with E-state index in [2.05, 4.69) is 0 Å². The highest BCUT2D eigenvalue weighted by molar-refractivity contribution is 6.01. The van der Waals surface area contributed by atoms with Gasteiger partial charge in [-0.2, -0.15) is 5.26 Å². The van der Waals surface area contributed by atoms with E-state index in [0.29, 0.717) is 17.0 Å². The normalized spacial score (nSPS) is 11.4. The second-order valence-corrected chi connectivity index (χ2v) is 4.05. The third kappa shape index (κ3) is 2.72. The molecule has 0 aromatic heterocycles. The molecule has 96 valence electrons. The molecule has 0 aliphatic heterocycles. The van der Waals surface area contributed by atoms with Crippen molar-refractivity contribution in [1.29, 1.82) is 5.26 Å². The average Bonchev–Trinajstić information content (AvgIpc) is 2.36. The van der Waals surface area contributed by atoms with E-state index in [-0.39, 0.29) is 18.4 Å². The van der Waals surface area contributed by atoms with Gasteiger partial charge in [0.2, 0.25) is 0 Å². The first-order valence-corrected chi connectivity index (χ1v) is 5.59. The van der Waals surface area contributed by atoms with Crippen LogP contribution in [-0.2, 0) is 0 Å². The minimum Gasteiger partial charge on any atom is -0.496 e. The molecule has 1 atom stereocenters. The minimum absolute atomic E-state index is 0.174. The number of rotatable bonds is 4. The van der Waals surface area contributed by atoms with E-state index < -0.39 is 0 Å². The molecule has 0 fully saturated rings. The van der Waals surface area contributed by atoms with Crippen molar-refractivity contribution in [3.8, 4) is 11.8 Å². The Morgan fingerprint density at radius 1 is 1.61 bits per heavy atom. The summed E-state index contributed by atoms with van der Waals surface area (Å²) >= 11 is 0. The van der Waals surface area contributed by atoms with E-state index in [1.165, 1.54) is 12.0 Å². The molecule has 0 radical (unpaired) electrons. The van der Waals surface area contributed by atoms with Gasteiger partial charge >= 0.3 is 0 Å². The highest BCUT2D eigenvalue weighted by atomic mass is 16.5. The van der Waals surface area contributed by atoms with Gasteiger partial charge in [-0.3, -0.25) is 4.79 Å². The number of nitrogen functional groups attached to an aromatic ring is 1. The van der Waals surface area contributed by atoms with Crippen LogP contribution in [0, 0.1) is 11.3 Å². The number of nitriles is 1. The lowest BCUT2D eigenvalue weighted by molar-refractivity contribution is 0.0744.